The largest absolute Gasteiger partial charge is 0.466 e. The predicted molar refractivity (Wildman–Crippen MR) is 55.5 cm³/mol. The van der Waals surface area contributed by atoms with Gasteiger partial charge in [0.25, 0.3) is 5.19 Å². The van der Waals surface area contributed by atoms with E-state index in [1.807, 2.05) is 6.92 Å². The fraction of sp³-hybridized carbons (Fsp3) is 0.778. The Morgan fingerprint density at radius 3 is 2.93 bits per heavy atom. The molecular weight excluding hydrogens is 198 g/mol. The van der Waals surface area contributed by atoms with Crippen molar-refractivity contribution in [1.82, 2.24) is 9.36 Å². The van der Waals surface area contributed by atoms with E-state index in [2.05, 4.69) is 9.36 Å². The summed E-state index contributed by atoms with van der Waals surface area (Å²) in [6.07, 6.45) is 3.33. The Morgan fingerprint density at radius 1 is 1.57 bits per heavy atom. The fourth-order valence-electron chi connectivity index (χ4n) is 1.54. The van der Waals surface area contributed by atoms with Crippen LogP contribution in [0.5, 0.6) is 5.19 Å². The van der Waals surface area contributed by atoms with Crippen LogP contribution in [0.15, 0.2) is 0 Å². The van der Waals surface area contributed by atoms with Gasteiger partial charge in [-0.3, -0.25) is 0 Å². The molecule has 0 bridgehead atoms. The Morgan fingerprint density at radius 2 is 2.36 bits per heavy atom. The molecule has 0 atom stereocenters. The third-order valence-electron chi connectivity index (χ3n) is 2.56. The molecule has 5 heteroatoms. The summed E-state index contributed by atoms with van der Waals surface area (Å²) in [5.41, 5.74) is 5.53. The zero-order valence-electron chi connectivity index (χ0n) is 8.27. The quantitative estimate of drug-likeness (QED) is 0.816. The zero-order chi connectivity index (χ0) is 9.97. The van der Waals surface area contributed by atoms with Gasteiger partial charge in [-0.2, -0.15) is 9.36 Å². The molecule has 0 radical (unpaired) electrons. The van der Waals surface area contributed by atoms with Crippen LogP contribution < -0.4 is 10.5 Å². The van der Waals surface area contributed by atoms with Crippen LogP contribution in [0.3, 0.4) is 0 Å². The minimum absolute atomic E-state index is 0.321. The fourth-order valence-corrected chi connectivity index (χ4v) is 2.21. The highest BCUT2D eigenvalue weighted by molar-refractivity contribution is 7.07. The molecule has 2 rings (SSSR count). The minimum atomic E-state index is 0.321. The summed E-state index contributed by atoms with van der Waals surface area (Å²) in [6.45, 7) is 2.82. The predicted octanol–water partition coefficient (Wildman–Crippen LogP) is 1.22. The van der Waals surface area contributed by atoms with Gasteiger partial charge in [0, 0.05) is 18.0 Å². The molecule has 0 aliphatic heterocycles. The first-order valence-corrected chi connectivity index (χ1v) is 5.78. The van der Waals surface area contributed by atoms with E-state index in [-0.39, 0.29) is 0 Å². The van der Waals surface area contributed by atoms with Crippen molar-refractivity contribution < 1.29 is 4.74 Å². The van der Waals surface area contributed by atoms with Gasteiger partial charge in [0.05, 0.1) is 0 Å². The highest BCUT2D eigenvalue weighted by Gasteiger charge is 2.30. The van der Waals surface area contributed by atoms with E-state index in [1.54, 1.807) is 0 Å². The van der Waals surface area contributed by atoms with Gasteiger partial charge >= 0.3 is 0 Å². The number of aryl methyl sites for hydroxylation is 1. The second-order valence-corrected chi connectivity index (χ2v) is 4.36. The van der Waals surface area contributed by atoms with Gasteiger partial charge in [-0.1, -0.05) is 6.92 Å². The molecule has 0 unspecified atom stereocenters. The lowest BCUT2D eigenvalue weighted by Gasteiger charge is -2.33. The molecule has 1 aromatic heterocycles. The van der Waals surface area contributed by atoms with E-state index >= 15 is 0 Å². The first-order chi connectivity index (χ1) is 6.81. The molecule has 1 aliphatic rings. The number of nitrogens with zero attached hydrogens (tertiary/aromatic N) is 2. The van der Waals surface area contributed by atoms with Crippen LogP contribution in [0.1, 0.15) is 25.6 Å². The van der Waals surface area contributed by atoms with Crippen molar-refractivity contribution in [2.75, 3.05) is 6.54 Å². The van der Waals surface area contributed by atoms with Gasteiger partial charge in [0.15, 0.2) is 0 Å². The van der Waals surface area contributed by atoms with Crippen molar-refractivity contribution in [3.8, 4) is 5.19 Å². The Bertz CT molecular complexity index is 296. The number of hydrogen-bond acceptors (Lipinski definition) is 5. The molecule has 14 heavy (non-hydrogen) atoms. The lowest BCUT2D eigenvalue weighted by molar-refractivity contribution is 0.0686. The van der Waals surface area contributed by atoms with Crippen molar-refractivity contribution in [3.63, 3.8) is 0 Å². The zero-order valence-corrected chi connectivity index (χ0v) is 9.09. The molecule has 2 N–H and O–H groups in total. The summed E-state index contributed by atoms with van der Waals surface area (Å²) in [6, 6.07) is 0. The van der Waals surface area contributed by atoms with Crippen molar-refractivity contribution in [2.45, 2.75) is 32.3 Å². The molecule has 0 spiro atoms. The standard InChI is InChI=1S/C9H15N3OS/c1-2-8-11-9(14-12-8)13-7-3-6(4-7)5-10/h6-7H,2-5,10H2,1H3. The second-order valence-electron chi connectivity index (χ2n) is 3.64. The Labute approximate surface area is 87.7 Å². The van der Waals surface area contributed by atoms with Crippen molar-refractivity contribution in [1.29, 1.82) is 0 Å². The third kappa shape index (κ3) is 2.04. The molecule has 0 aromatic carbocycles. The summed E-state index contributed by atoms with van der Waals surface area (Å²) in [7, 11) is 0. The molecule has 0 amide bonds. The Balaban J connectivity index is 1.81. The summed E-state index contributed by atoms with van der Waals surface area (Å²) < 4.78 is 9.82. The minimum Gasteiger partial charge on any atom is -0.466 e. The summed E-state index contributed by atoms with van der Waals surface area (Å²) in [5, 5.41) is 0.710. The average Bonchev–Trinajstić information content (AvgIpc) is 2.58. The monoisotopic (exact) mass is 213 g/mol. The summed E-state index contributed by atoms with van der Waals surface area (Å²) >= 11 is 1.35. The van der Waals surface area contributed by atoms with Gasteiger partial charge in [0.2, 0.25) is 0 Å². The van der Waals surface area contributed by atoms with Crippen LogP contribution in [0.25, 0.3) is 0 Å². The summed E-state index contributed by atoms with van der Waals surface area (Å²) in [5.74, 6) is 1.53. The molecule has 78 valence electrons. The van der Waals surface area contributed by atoms with Crippen LogP contribution in [0.2, 0.25) is 0 Å². The SMILES string of the molecule is CCc1nsc(OC2CC(CN)C2)n1. The van der Waals surface area contributed by atoms with Crippen LogP contribution in [0.4, 0.5) is 0 Å². The van der Waals surface area contributed by atoms with Gasteiger partial charge in [-0.15, -0.1) is 0 Å². The van der Waals surface area contributed by atoms with Gasteiger partial charge in [-0.25, -0.2) is 0 Å². The Kier molecular flexibility index (Phi) is 2.98. The molecule has 1 aromatic rings. The molecular formula is C9H15N3OS. The van der Waals surface area contributed by atoms with Gasteiger partial charge in [-0.05, 0) is 25.3 Å². The van der Waals surface area contributed by atoms with E-state index in [0.717, 1.165) is 31.6 Å². The lowest BCUT2D eigenvalue weighted by atomic mass is 9.82. The van der Waals surface area contributed by atoms with Crippen molar-refractivity contribution in [2.24, 2.45) is 11.7 Å². The van der Waals surface area contributed by atoms with E-state index in [0.29, 0.717) is 17.2 Å². The number of ether oxygens (including phenoxy) is 1. The summed E-state index contributed by atoms with van der Waals surface area (Å²) in [4.78, 5) is 4.26. The lowest BCUT2D eigenvalue weighted by Crippen LogP contribution is -2.37. The van der Waals surface area contributed by atoms with E-state index in [4.69, 9.17) is 10.5 Å². The number of aromatic nitrogens is 2. The van der Waals surface area contributed by atoms with Crippen LogP contribution in [-0.4, -0.2) is 22.0 Å². The van der Waals surface area contributed by atoms with E-state index < -0.39 is 0 Å². The molecule has 1 saturated carbocycles. The maximum atomic E-state index is 5.65. The molecule has 1 aliphatic carbocycles. The maximum Gasteiger partial charge on any atom is 0.293 e. The smallest absolute Gasteiger partial charge is 0.293 e. The van der Waals surface area contributed by atoms with E-state index in [9.17, 15) is 0 Å². The first-order valence-electron chi connectivity index (χ1n) is 5.01. The third-order valence-corrected chi connectivity index (χ3v) is 3.20. The van der Waals surface area contributed by atoms with Crippen LogP contribution >= 0.6 is 11.5 Å². The number of nitrogens with two attached hydrogens (primary N) is 1. The topological polar surface area (TPSA) is 61.0 Å². The average molecular weight is 213 g/mol. The van der Waals surface area contributed by atoms with Gasteiger partial charge < -0.3 is 10.5 Å². The van der Waals surface area contributed by atoms with Crippen LogP contribution in [-0.2, 0) is 6.42 Å². The first kappa shape index (κ1) is 9.86. The van der Waals surface area contributed by atoms with Crippen molar-refractivity contribution >= 4 is 11.5 Å². The molecule has 0 saturated heterocycles. The number of hydrogen-bond donors (Lipinski definition) is 1. The van der Waals surface area contributed by atoms with Crippen LogP contribution in [0, 0.1) is 5.92 Å². The normalized spacial score (nSPS) is 25.9. The second kappa shape index (κ2) is 4.23. The molecule has 1 fully saturated rings. The molecule has 4 nitrogen and oxygen atoms in total. The highest BCUT2D eigenvalue weighted by atomic mass is 32.1. The van der Waals surface area contributed by atoms with Crippen molar-refractivity contribution in [3.05, 3.63) is 5.82 Å². The van der Waals surface area contributed by atoms with Gasteiger partial charge in [0.1, 0.15) is 11.9 Å². The highest BCUT2D eigenvalue weighted by Crippen LogP contribution is 2.30. The van der Waals surface area contributed by atoms with E-state index in [1.165, 1.54) is 11.5 Å². The molecule has 1 heterocycles. The Hall–Kier alpha value is -0.680. The number of rotatable bonds is 4. The maximum absolute atomic E-state index is 5.65.